The van der Waals surface area contributed by atoms with Crippen molar-refractivity contribution in [1.82, 2.24) is 4.98 Å². The number of halogens is 2. The minimum atomic E-state index is -0.469. The average Bonchev–Trinajstić information content (AvgIpc) is 2.40. The first kappa shape index (κ1) is 14.4. The molecule has 0 aliphatic heterocycles. The third-order valence-corrected chi connectivity index (χ3v) is 3.42. The number of nitrogens with zero attached hydrogens (tertiary/aromatic N) is 2. The van der Waals surface area contributed by atoms with Crippen molar-refractivity contribution in [2.75, 3.05) is 5.32 Å². The maximum Gasteiger partial charge on any atom is 0.285 e. The van der Waals surface area contributed by atoms with Crippen molar-refractivity contribution in [2.24, 2.45) is 0 Å². The van der Waals surface area contributed by atoms with Gasteiger partial charge in [0.25, 0.3) is 5.69 Å². The third-order valence-electron chi connectivity index (χ3n) is 2.75. The molecular formula is C13H11BrFN3O2. The zero-order valence-corrected chi connectivity index (χ0v) is 12.1. The molecule has 0 spiro atoms. The van der Waals surface area contributed by atoms with E-state index in [1.807, 2.05) is 6.92 Å². The Kier molecular flexibility index (Phi) is 4.29. The fourth-order valence-electron chi connectivity index (χ4n) is 1.74. The van der Waals surface area contributed by atoms with Crippen LogP contribution in [-0.2, 0) is 0 Å². The highest BCUT2D eigenvalue weighted by Crippen LogP contribution is 2.29. The number of rotatable bonds is 4. The lowest BCUT2D eigenvalue weighted by Crippen LogP contribution is -2.07. The van der Waals surface area contributed by atoms with Crippen LogP contribution in [0.4, 0.5) is 15.8 Å². The van der Waals surface area contributed by atoms with Gasteiger partial charge in [0.1, 0.15) is 5.82 Å². The second kappa shape index (κ2) is 5.96. The van der Waals surface area contributed by atoms with Crippen LogP contribution in [-0.4, -0.2) is 9.91 Å². The topological polar surface area (TPSA) is 68.1 Å². The van der Waals surface area contributed by atoms with Crippen molar-refractivity contribution in [1.29, 1.82) is 0 Å². The summed E-state index contributed by atoms with van der Waals surface area (Å²) in [4.78, 5) is 14.2. The maximum atomic E-state index is 13.1. The Morgan fingerprint density at radius 3 is 2.80 bits per heavy atom. The molecule has 1 aromatic carbocycles. The number of nitrogens with one attached hydrogen (secondary N) is 1. The van der Waals surface area contributed by atoms with Crippen molar-refractivity contribution >= 4 is 27.3 Å². The first-order valence-electron chi connectivity index (χ1n) is 5.78. The van der Waals surface area contributed by atoms with Crippen LogP contribution in [0.15, 0.2) is 41.1 Å². The molecule has 7 heteroatoms. The molecule has 0 fully saturated rings. The van der Waals surface area contributed by atoms with Gasteiger partial charge in [0.15, 0.2) is 0 Å². The zero-order chi connectivity index (χ0) is 14.7. The molecule has 2 aromatic rings. The van der Waals surface area contributed by atoms with Crippen LogP contribution in [0, 0.1) is 15.9 Å². The Balaban J connectivity index is 2.22. The minimum absolute atomic E-state index is 0.0282. The molecule has 1 unspecified atom stereocenters. The van der Waals surface area contributed by atoms with Crippen LogP contribution < -0.4 is 5.32 Å². The number of hydrogen-bond acceptors (Lipinski definition) is 4. The number of hydrogen-bond donors (Lipinski definition) is 1. The largest absolute Gasteiger partial charge is 0.378 e. The van der Waals surface area contributed by atoms with Gasteiger partial charge in [-0.25, -0.2) is 4.39 Å². The number of nitro groups is 1. The summed E-state index contributed by atoms with van der Waals surface area (Å²) in [6.07, 6.45) is 2.68. The van der Waals surface area contributed by atoms with E-state index in [1.165, 1.54) is 12.1 Å². The Bertz CT molecular complexity index is 651. The summed E-state index contributed by atoms with van der Waals surface area (Å²) in [7, 11) is 0. The van der Waals surface area contributed by atoms with Crippen LogP contribution in [0.1, 0.15) is 18.5 Å². The maximum absolute atomic E-state index is 13.1. The first-order chi connectivity index (χ1) is 9.47. The fraction of sp³-hybridized carbons (Fsp3) is 0.154. The summed E-state index contributed by atoms with van der Waals surface area (Å²) in [6.45, 7) is 1.82. The van der Waals surface area contributed by atoms with Crippen molar-refractivity contribution in [3.63, 3.8) is 0 Å². The van der Waals surface area contributed by atoms with Gasteiger partial charge in [-0.1, -0.05) is 0 Å². The Hall–Kier alpha value is -2.02. The highest BCUT2D eigenvalue weighted by atomic mass is 79.9. The molecule has 20 heavy (non-hydrogen) atoms. The molecule has 0 aliphatic rings. The van der Waals surface area contributed by atoms with E-state index in [1.54, 1.807) is 18.3 Å². The molecule has 0 saturated heterocycles. The summed E-state index contributed by atoms with van der Waals surface area (Å²) in [5, 5.41) is 13.9. The van der Waals surface area contributed by atoms with Gasteiger partial charge in [-0.2, -0.15) is 0 Å². The van der Waals surface area contributed by atoms with Crippen LogP contribution in [0.5, 0.6) is 0 Å². The molecule has 1 aromatic heterocycles. The van der Waals surface area contributed by atoms with E-state index in [4.69, 9.17) is 0 Å². The van der Waals surface area contributed by atoms with Crippen LogP contribution in [0.2, 0.25) is 0 Å². The molecule has 2 rings (SSSR count). The summed E-state index contributed by atoms with van der Waals surface area (Å²) in [6, 6.07) is 5.88. The zero-order valence-electron chi connectivity index (χ0n) is 10.5. The Labute approximate surface area is 123 Å². The Morgan fingerprint density at radius 2 is 2.15 bits per heavy atom. The second-order valence-electron chi connectivity index (χ2n) is 4.23. The number of benzene rings is 1. The molecule has 5 nitrogen and oxygen atoms in total. The first-order valence-corrected chi connectivity index (χ1v) is 6.57. The average molecular weight is 340 g/mol. The normalized spacial score (nSPS) is 11.9. The van der Waals surface area contributed by atoms with E-state index in [9.17, 15) is 14.5 Å². The molecule has 1 atom stereocenters. The lowest BCUT2D eigenvalue weighted by molar-refractivity contribution is -0.385. The monoisotopic (exact) mass is 339 g/mol. The summed E-state index contributed by atoms with van der Waals surface area (Å²) in [5.74, 6) is -0.419. The van der Waals surface area contributed by atoms with Gasteiger partial charge in [0, 0.05) is 18.0 Å². The van der Waals surface area contributed by atoms with Crippen molar-refractivity contribution in [2.45, 2.75) is 13.0 Å². The van der Waals surface area contributed by atoms with Crippen molar-refractivity contribution in [3.8, 4) is 0 Å². The molecule has 1 heterocycles. The minimum Gasteiger partial charge on any atom is -0.378 e. The highest BCUT2D eigenvalue weighted by Gasteiger charge is 2.14. The molecule has 104 valence electrons. The van der Waals surface area contributed by atoms with E-state index >= 15 is 0 Å². The van der Waals surface area contributed by atoms with E-state index in [2.05, 4.69) is 26.2 Å². The SMILES string of the molecule is CC(Nc1ccc(Br)c([N+](=O)[O-])c1)c1cncc(F)c1. The van der Waals surface area contributed by atoms with Crippen molar-refractivity contribution < 1.29 is 9.31 Å². The summed E-state index contributed by atoms with van der Waals surface area (Å²) < 4.78 is 13.5. The molecule has 0 saturated carbocycles. The van der Waals surface area contributed by atoms with Crippen LogP contribution in [0.3, 0.4) is 0 Å². The highest BCUT2D eigenvalue weighted by molar-refractivity contribution is 9.10. The van der Waals surface area contributed by atoms with Gasteiger partial charge in [-0.3, -0.25) is 15.1 Å². The molecule has 0 bridgehead atoms. The van der Waals surface area contributed by atoms with Gasteiger partial charge in [0.05, 0.1) is 21.6 Å². The number of anilines is 1. The second-order valence-corrected chi connectivity index (χ2v) is 5.08. The quantitative estimate of drug-likeness (QED) is 0.673. The molecule has 1 N–H and O–H groups in total. The lowest BCUT2D eigenvalue weighted by atomic mass is 10.1. The predicted molar refractivity (Wildman–Crippen MR) is 77.0 cm³/mol. The van der Waals surface area contributed by atoms with E-state index < -0.39 is 10.7 Å². The lowest BCUT2D eigenvalue weighted by Gasteiger charge is -2.15. The number of pyridine rings is 1. The van der Waals surface area contributed by atoms with Gasteiger partial charge >= 0.3 is 0 Å². The predicted octanol–water partition coefficient (Wildman–Crippen LogP) is 4.06. The Morgan fingerprint density at radius 1 is 1.40 bits per heavy atom. The molecule has 0 amide bonds. The molecular weight excluding hydrogens is 329 g/mol. The number of aromatic nitrogens is 1. The fourth-order valence-corrected chi connectivity index (χ4v) is 2.13. The smallest absolute Gasteiger partial charge is 0.285 e. The summed E-state index contributed by atoms with van der Waals surface area (Å²) in [5.41, 5.74) is 1.21. The number of nitro benzene ring substituents is 1. The van der Waals surface area contributed by atoms with E-state index in [0.717, 1.165) is 6.20 Å². The van der Waals surface area contributed by atoms with Crippen LogP contribution in [0.25, 0.3) is 0 Å². The molecule has 0 radical (unpaired) electrons. The van der Waals surface area contributed by atoms with Gasteiger partial charge in [-0.15, -0.1) is 0 Å². The standard InChI is InChI=1S/C13H11BrFN3O2/c1-8(9-4-10(15)7-16-6-9)17-11-2-3-12(14)13(5-11)18(19)20/h2-8,17H,1H3. The van der Waals surface area contributed by atoms with Crippen molar-refractivity contribution in [3.05, 3.63) is 62.6 Å². The van der Waals surface area contributed by atoms with E-state index in [0.29, 0.717) is 15.7 Å². The molecule has 0 aliphatic carbocycles. The summed E-state index contributed by atoms with van der Waals surface area (Å²) >= 11 is 3.12. The van der Waals surface area contributed by atoms with E-state index in [-0.39, 0.29) is 11.7 Å². The van der Waals surface area contributed by atoms with Gasteiger partial charge in [0.2, 0.25) is 0 Å². The van der Waals surface area contributed by atoms with Gasteiger partial charge < -0.3 is 5.32 Å². The van der Waals surface area contributed by atoms with Gasteiger partial charge in [-0.05, 0) is 46.6 Å². The van der Waals surface area contributed by atoms with Crippen LogP contribution >= 0.6 is 15.9 Å². The third kappa shape index (κ3) is 3.30.